The van der Waals surface area contributed by atoms with Crippen LogP contribution in [0.4, 0.5) is 10.5 Å². The smallest absolute Gasteiger partial charge is 0.319 e. The maximum absolute atomic E-state index is 12.1. The van der Waals surface area contributed by atoms with E-state index in [9.17, 15) is 4.79 Å². The van der Waals surface area contributed by atoms with Crippen LogP contribution in [0.25, 0.3) is 0 Å². The topological polar surface area (TPSA) is 81.1 Å². The van der Waals surface area contributed by atoms with Crippen molar-refractivity contribution in [3.63, 3.8) is 0 Å². The van der Waals surface area contributed by atoms with Crippen LogP contribution < -0.4 is 15.4 Å². The monoisotopic (exact) mass is 351 g/mol. The first-order valence-corrected chi connectivity index (χ1v) is 8.42. The van der Waals surface area contributed by atoms with Crippen molar-refractivity contribution < 1.29 is 9.53 Å². The van der Waals surface area contributed by atoms with Crippen molar-refractivity contribution in [2.24, 2.45) is 0 Å². The molecule has 3 rings (SSSR count). The second-order valence-electron chi connectivity index (χ2n) is 5.64. The first-order valence-electron chi connectivity index (χ1n) is 8.42. The summed E-state index contributed by atoms with van der Waals surface area (Å²) >= 11 is 0. The standard InChI is InChI=1S/C19H21N5O2/c1-2-26-18-12-16(8-10-20-18)13-21-19(25)23-17-6-4-15(5-7-17)14-24-11-3-9-22-24/h3-12H,2,13-14H2,1H3,(H2,21,23,25). The molecule has 26 heavy (non-hydrogen) atoms. The summed E-state index contributed by atoms with van der Waals surface area (Å²) < 4.78 is 7.20. The number of ether oxygens (including phenoxy) is 1. The van der Waals surface area contributed by atoms with Crippen LogP contribution in [0.15, 0.2) is 61.1 Å². The van der Waals surface area contributed by atoms with Crippen LogP contribution in [-0.4, -0.2) is 27.4 Å². The van der Waals surface area contributed by atoms with E-state index >= 15 is 0 Å². The molecule has 0 saturated carbocycles. The molecule has 2 N–H and O–H groups in total. The number of nitrogens with one attached hydrogen (secondary N) is 2. The van der Waals surface area contributed by atoms with E-state index in [1.54, 1.807) is 12.4 Å². The minimum atomic E-state index is -0.264. The molecule has 0 aliphatic heterocycles. The zero-order chi connectivity index (χ0) is 18.2. The number of hydrogen-bond donors (Lipinski definition) is 2. The SMILES string of the molecule is CCOc1cc(CNC(=O)Nc2ccc(Cn3cccn3)cc2)ccn1. The molecule has 134 valence electrons. The molecule has 0 radical (unpaired) electrons. The normalized spacial score (nSPS) is 10.3. The van der Waals surface area contributed by atoms with Gasteiger partial charge in [-0.15, -0.1) is 0 Å². The highest BCUT2D eigenvalue weighted by Crippen LogP contribution is 2.11. The van der Waals surface area contributed by atoms with Crippen LogP contribution in [0.2, 0.25) is 0 Å². The van der Waals surface area contributed by atoms with Crippen LogP contribution in [0, 0.1) is 0 Å². The molecule has 3 aromatic rings. The molecule has 0 spiro atoms. The number of hydrogen-bond acceptors (Lipinski definition) is 4. The van der Waals surface area contributed by atoms with Gasteiger partial charge in [0.2, 0.25) is 5.88 Å². The summed E-state index contributed by atoms with van der Waals surface area (Å²) in [6.07, 6.45) is 5.33. The second kappa shape index (κ2) is 8.66. The molecule has 7 nitrogen and oxygen atoms in total. The Labute approximate surface area is 152 Å². The van der Waals surface area contributed by atoms with Crippen molar-refractivity contribution in [3.8, 4) is 5.88 Å². The Kier molecular flexibility index (Phi) is 5.82. The Morgan fingerprint density at radius 3 is 2.73 bits per heavy atom. The summed E-state index contributed by atoms with van der Waals surface area (Å²) in [5, 5.41) is 9.82. The first-order chi connectivity index (χ1) is 12.7. The Hall–Kier alpha value is -3.35. The fourth-order valence-electron chi connectivity index (χ4n) is 2.42. The third-order valence-electron chi connectivity index (χ3n) is 3.66. The van der Waals surface area contributed by atoms with Gasteiger partial charge in [-0.2, -0.15) is 5.10 Å². The van der Waals surface area contributed by atoms with E-state index in [-0.39, 0.29) is 6.03 Å². The first kappa shape index (κ1) is 17.5. The van der Waals surface area contributed by atoms with Crippen molar-refractivity contribution >= 4 is 11.7 Å². The third kappa shape index (κ3) is 5.07. The van der Waals surface area contributed by atoms with E-state index in [4.69, 9.17) is 4.74 Å². The largest absolute Gasteiger partial charge is 0.478 e. The predicted octanol–water partition coefficient (Wildman–Crippen LogP) is 3.05. The molecular weight excluding hydrogens is 330 g/mol. The van der Waals surface area contributed by atoms with Gasteiger partial charge >= 0.3 is 6.03 Å². The molecule has 0 unspecified atom stereocenters. The van der Waals surface area contributed by atoms with Crippen molar-refractivity contribution in [1.82, 2.24) is 20.1 Å². The fourth-order valence-corrected chi connectivity index (χ4v) is 2.42. The Morgan fingerprint density at radius 2 is 2.00 bits per heavy atom. The molecule has 1 aromatic carbocycles. The van der Waals surface area contributed by atoms with E-state index in [0.717, 1.165) is 16.8 Å². The lowest BCUT2D eigenvalue weighted by atomic mass is 10.2. The zero-order valence-electron chi connectivity index (χ0n) is 14.6. The fraction of sp³-hybridized carbons (Fsp3) is 0.211. The lowest BCUT2D eigenvalue weighted by Gasteiger charge is -2.09. The number of carbonyl (C=O) groups excluding carboxylic acids is 1. The number of anilines is 1. The van der Waals surface area contributed by atoms with Gasteiger partial charge in [-0.25, -0.2) is 9.78 Å². The summed E-state index contributed by atoms with van der Waals surface area (Å²) in [7, 11) is 0. The van der Waals surface area contributed by atoms with Gasteiger partial charge in [0.25, 0.3) is 0 Å². The van der Waals surface area contributed by atoms with E-state index in [0.29, 0.717) is 25.6 Å². The molecule has 0 aliphatic carbocycles. The van der Waals surface area contributed by atoms with Gasteiger partial charge < -0.3 is 15.4 Å². The van der Waals surface area contributed by atoms with Gasteiger partial charge in [-0.05, 0) is 42.3 Å². The van der Waals surface area contributed by atoms with Gasteiger partial charge in [-0.1, -0.05) is 12.1 Å². The van der Waals surface area contributed by atoms with Gasteiger partial charge in [0.15, 0.2) is 0 Å². The maximum Gasteiger partial charge on any atom is 0.319 e. The Morgan fingerprint density at radius 1 is 1.15 bits per heavy atom. The van der Waals surface area contributed by atoms with Crippen molar-refractivity contribution in [1.29, 1.82) is 0 Å². The molecule has 0 bridgehead atoms. The van der Waals surface area contributed by atoms with Crippen LogP contribution >= 0.6 is 0 Å². The quantitative estimate of drug-likeness (QED) is 0.685. The number of amides is 2. The molecule has 0 aliphatic rings. The maximum atomic E-state index is 12.1. The molecule has 7 heteroatoms. The number of urea groups is 1. The summed E-state index contributed by atoms with van der Waals surface area (Å²) in [4.78, 5) is 16.2. The molecule has 0 fully saturated rings. The highest BCUT2D eigenvalue weighted by molar-refractivity contribution is 5.89. The van der Waals surface area contributed by atoms with Gasteiger partial charge in [0.05, 0.1) is 13.2 Å². The zero-order valence-corrected chi connectivity index (χ0v) is 14.6. The molecular formula is C19H21N5O2. The van der Waals surface area contributed by atoms with Crippen LogP contribution in [0.1, 0.15) is 18.1 Å². The third-order valence-corrected chi connectivity index (χ3v) is 3.66. The molecule has 2 aromatic heterocycles. The molecule has 0 saturated heterocycles. The minimum absolute atomic E-state index is 0.264. The number of pyridine rings is 1. The minimum Gasteiger partial charge on any atom is -0.478 e. The summed E-state index contributed by atoms with van der Waals surface area (Å²) in [6, 6.07) is 13.0. The summed E-state index contributed by atoms with van der Waals surface area (Å²) in [5.74, 6) is 0.556. The second-order valence-corrected chi connectivity index (χ2v) is 5.64. The average molecular weight is 351 g/mol. The molecule has 2 amide bonds. The van der Waals surface area contributed by atoms with Crippen molar-refractivity contribution in [3.05, 3.63) is 72.2 Å². The number of aromatic nitrogens is 3. The van der Waals surface area contributed by atoms with Crippen molar-refractivity contribution in [2.45, 2.75) is 20.0 Å². The predicted molar refractivity (Wildman–Crippen MR) is 99.0 cm³/mol. The highest BCUT2D eigenvalue weighted by atomic mass is 16.5. The van der Waals surface area contributed by atoms with Crippen LogP contribution in [0.3, 0.4) is 0 Å². The van der Waals surface area contributed by atoms with E-state index in [2.05, 4.69) is 20.7 Å². The summed E-state index contributed by atoms with van der Waals surface area (Å²) in [5.41, 5.74) is 2.77. The number of nitrogens with zero attached hydrogens (tertiary/aromatic N) is 3. The number of carbonyl (C=O) groups is 1. The van der Waals surface area contributed by atoms with Gasteiger partial charge in [0, 0.05) is 36.9 Å². The summed E-state index contributed by atoms with van der Waals surface area (Å²) in [6.45, 7) is 3.55. The number of benzene rings is 1. The van der Waals surface area contributed by atoms with Crippen LogP contribution in [-0.2, 0) is 13.1 Å². The van der Waals surface area contributed by atoms with E-state index in [1.807, 2.05) is 60.3 Å². The average Bonchev–Trinajstić information content (AvgIpc) is 3.15. The van der Waals surface area contributed by atoms with E-state index < -0.39 is 0 Å². The highest BCUT2D eigenvalue weighted by Gasteiger charge is 2.04. The van der Waals surface area contributed by atoms with Crippen molar-refractivity contribution in [2.75, 3.05) is 11.9 Å². The van der Waals surface area contributed by atoms with Crippen LogP contribution in [0.5, 0.6) is 5.88 Å². The Bertz CT molecular complexity index is 831. The molecule has 2 heterocycles. The van der Waals surface area contributed by atoms with Gasteiger partial charge in [-0.3, -0.25) is 4.68 Å². The van der Waals surface area contributed by atoms with Gasteiger partial charge in [0.1, 0.15) is 0 Å². The lowest BCUT2D eigenvalue weighted by molar-refractivity contribution is 0.251. The van der Waals surface area contributed by atoms with E-state index in [1.165, 1.54) is 0 Å². The lowest BCUT2D eigenvalue weighted by Crippen LogP contribution is -2.28. The Balaban J connectivity index is 1.49. The molecule has 0 atom stereocenters. The number of rotatable bonds is 7.